The van der Waals surface area contributed by atoms with Crippen molar-refractivity contribution in [2.24, 2.45) is 0 Å². The molecule has 0 fully saturated rings. The summed E-state index contributed by atoms with van der Waals surface area (Å²) in [5.74, 6) is -2.72. The number of aliphatic carboxylic acids is 1. The van der Waals surface area contributed by atoms with Gasteiger partial charge in [-0.2, -0.15) is 4.98 Å². The lowest BCUT2D eigenvalue weighted by Gasteiger charge is -2.24. The highest BCUT2D eigenvalue weighted by Gasteiger charge is 2.23. The molecule has 3 rings (SSSR count). The number of anilines is 2. The second kappa shape index (κ2) is 9.90. The first-order valence-corrected chi connectivity index (χ1v) is 11.2. The molecule has 0 amide bonds. The SMILES string of the molecule is CC(C)(CO)Nc1nc(SCc2cccc(F)c2F)nc2nc(N[C@@H](CO)C(=O)O)sc12. The van der Waals surface area contributed by atoms with Gasteiger partial charge in [-0.3, -0.25) is 0 Å². The highest BCUT2D eigenvalue weighted by atomic mass is 32.2. The zero-order valence-electron chi connectivity index (χ0n) is 17.1. The third-order valence-electron chi connectivity index (χ3n) is 4.25. The van der Waals surface area contributed by atoms with Crippen molar-refractivity contribution in [3.05, 3.63) is 35.4 Å². The van der Waals surface area contributed by atoms with Crippen molar-refractivity contribution in [3.8, 4) is 0 Å². The number of carbonyl (C=O) groups is 1. The van der Waals surface area contributed by atoms with Gasteiger partial charge in [0.1, 0.15) is 10.7 Å². The summed E-state index contributed by atoms with van der Waals surface area (Å²) < 4.78 is 27.9. The predicted octanol–water partition coefficient (Wildman–Crippen LogP) is 2.70. The highest BCUT2D eigenvalue weighted by molar-refractivity contribution is 7.98. The van der Waals surface area contributed by atoms with Crippen LogP contribution >= 0.6 is 23.1 Å². The normalized spacial score (nSPS) is 12.7. The summed E-state index contributed by atoms with van der Waals surface area (Å²) in [5.41, 5.74) is -0.353. The third-order valence-corrected chi connectivity index (χ3v) is 6.13. The first-order chi connectivity index (χ1) is 15.1. The molecular weight excluding hydrogens is 464 g/mol. The topological polar surface area (TPSA) is 140 Å². The Balaban J connectivity index is 1.96. The van der Waals surface area contributed by atoms with Crippen molar-refractivity contribution in [1.82, 2.24) is 15.0 Å². The van der Waals surface area contributed by atoms with Gasteiger partial charge in [0.25, 0.3) is 0 Å². The molecule has 0 aliphatic rings. The summed E-state index contributed by atoms with van der Waals surface area (Å²) in [6.07, 6.45) is 0. The Hall–Kier alpha value is -2.61. The third kappa shape index (κ3) is 5.59. The average molecular weight is 486 g/mol. The van der Waals surface area contributed by atoms with Crippen LogP contribution in [-0.4, -0.2) is 61.0 Å². The number of halogens is 2. The standard InChI is InChI=1S/C19H21F2N5O4S2/c1-19(2,8-28)26-15-13-14(24-18(32-13)22-11(6-27)16(29)30)23-17(25-15)31-7-9-4-3-5-10(20)12(9)21/h3-5,11,27-28H,6-8H2,1-2H3,(H,29,30)(H2,22,23,24,25,26)/t11-/m0/s1. The van der Waals surface area contributed by atoms with Crippen LogP contribution < -0.4 is 10.6 Å². The van der Waals surface area contributed by atoms with Crippen LogP contribution in [0.15, 0.2) is 23.4 Å². The maximum absolute atomic E-state index is 14.0. The summed E-state index contributed by atoms with van der Waals surface area (Å²) in [6.45, 7) is 2.66. The second-order valence-corrected chi connectivity index (χ2v) is 9.35. The van der Waals surface area contributed by atoms with E-state index in [9.17, 15) is 23.8 Å². The maximum Gasteiger partial charge on any atom is 0.328 e. The van der Waals surface area contributed by atoms with E-state index in [1.807, 2.05) is 0 Å². The molecule has 0 aliphatic carbocycles. The highest BCUT2D eigenvalue weighted by Crippen LogP contribution is 2.34. The number of carboxylic acid groups (broad SMARTS) is 1. The Morgan fingerprint density at radius 1 is 1.25 bits per heavy atom. The van der Waals surface area contributed by atoms with Crippen molar-refractivity contribution in [1.29, 1.82) is 0 Å². The number of benzene rings is 1. The molecule has 0 unspecified atom stereocenters. The van der Waals surface area contributed by atoms with E-state index in [0.29, 0.717) is 10.5 Å². The summed E-state index contributed by atoms with van der Waals surface area (Å²) in [4.78, 5) is 24.3. The minimum Gasteiger partial charge on any atom is -0.480 e. The molecule has 0 saturated carbocycles. The molecule has 0 saturated heterocycles. The number of thioether (sulfide) groups is 1. The fourth-order valence-electron chi connectivity index (χ4n) is 2.51. The predicted molar refractivity (Wildman–Crippen MR) is 118 cm³/mol. The molecule has 1 atom stereocenters. The number of aliphatic hydroxyl groups is 2. The first kappa shape index (κ1) is 24.0. The van der Waals surface area contributed by atoms with Gasteiger partial charge in [-0.05, 0) is 19.9 Å². The quantitative estimate of drug-likeness (QED) is 0.215. The van der Waals surface area contributed by atoms with Crippen LogP contribution in [0, 0.1) is 11.6 Å². The van der Waals surface area contributed by atoms with Gasteiger partial charge in [0.15, 0.2) is 33.4 Å². The Morgan fingerprint density at radius 3 is 2.66 bits per heavy atom. The number of hydrogen-bond donors (Lipinski definition) is 5. The smallest absolute Gasteiger partial charge is 0.328 e. The Bertz CT molecular complexity index is 1130. The van der Waals surface area contributed by atoms with Crippen LogP contribution in [0.5, 0.6) is 0 Å². The number of carboxylic acids is 1. The Kier molecular flexibility index (Phi) is 7.44. The van der Waals surface area contributed by atoms with E-state index in [0.717, 1.165) is 29.2 Å². The van der Waals surface area contributed by atoms with Crippen LogP contribution in [0.2, 0.25) is 0 Å². The molecule has 2 aromatic heterocycles. The van der Waals surface area contributed by atoms with Crippen molar-refractivity contribution in [2.75, 3.05) is 23.8 Å². The molecule has 32 heavy (non-hydrogen) atoms. The summed E-state index contributed by atoms with van der Waals surface area (Å²) in [7, 11) is 0. The van der Waals surface area contributed by atoms with Gasteiger partial charge in [0, 0.05) is 11.3 Å². The van der Waals surface area contributed by atoms with Gasteiger partial charge >= 0.3 is 5.97 Å². The molecule has 9 nitrogen and oxygen atoms in total. The zero-order valence-corrected chi connectivity index (χ0v) is 18.7. The first-order valence-electron chi connectivity index (χ1n) is 9.37. The van der Waals surface area contributed by atoms with E-state index in [1.54, 1.807) is 13.8 Å². The van der Waals surface area contributed by atoms with E-state index < -0.39 is 35.8 Å². The van der Waals surface area contributed by atoms with Crippen molar-refractivity contribution < 1.29 is 28.9 Å². The number of nitrogens with one attached hydrogen (secondary N) is 2. The van der Waals surface area contributed by atoms with Gasteiger partial charge < -0.3 is 26.0 Å². The van der Waals surface area contributed by atoms with Gasteiger partial charge in [-0.15, -0.1) is 0 Å². The van der Waals surface area contributed by atoms with Gasteiger partial charge in [0.2, 0.25) is 0 Å². The molecule has 1 aromatic carbocycles. The number of fused-ring (bicyclic) bond motifs is 1. The molecule has 5 N–H and O–H groups in total. The minimum absolute atomic E-state index is 0.0682. The van der Waals surface area contributed by atoms with E-state index in [2.05, 4.69) is 25.6 Å². The fourth-order valence-corrected chi connectivity index (χ4v) is 4.23. The molecule has 13 heteroatoms. The molecule has 3 aromatic rings. The van der Waals surface area contributed by atoms with Crippen LogP contribution in [-0.2, 0) is 10.5 Å². The van der Waals surface area contributed by atoms with Crippen LogP contribution in [0.1, 0.15) is 19.4 Å². The van der Waals surface area contributed by atoms with Crippen LogP contribution in [0.4, 0.5) is 19.7 Å². The average Bonchev–Trinajstić information content (AvgIpc) is 3.15. The number of aromatic nitrogens is 3. The number of hydrogen-bond acceptors (Lipinski definition) is 10. The van der Waals surface area contributed by atoms with Crippen LogP contribution in [0.3, 0.4) is 0 Å². The van der Waals surface area contributed by atoms with Crippen molar-refractivity contribution in [2.45, 2.75) is 36.3 Å². The number of nitrogens with zero attached hydrogens (tertiary/aromatic N) is 3. The van der Waals surface area contributed by atoms with E-state index >= 15 is 0 Å². The van der Waals surface area contributed by atoms with Gasteiger partial charge in [-0.1, -0.05) is 35.2 Å². The lowest BCUT2D eigenvalue weighted by molar-refractivity contribution is -0.138. The number of thiazole rings is 1. The molecule has 2 heterocycles. The number of aliphatic hydroxyl groups excluding tert-OH is 2. The summed E-state index contributed by atoms with van der Waals surface area (Å²) >= 11 is 2.15. The number of rotatable bonds is 10. The van der Waals surface area contributed by atoms with Gasteiger partial charge in [0.05, 0.1) is 18.8 Å². The van der Waals surface area contributed by atoms with Crippen molar-refractivity contribution in [3.63, 3.8) is 0 Å². The molecular formula is C19H21F2N5O4S2. The van der Waals surface area contributed by atoms with Gasteiger partial charge in [-0.25, -0.2) is 23.5 Å². The lowest BCUT2D eigenvalue weighted by Crippen LogP contribution is -2.35. The molecule has 0 spiro atoms. The Labute approximate surface area is 189 Å². The minimum atomic E-state index is -1.25. The van der Waals surface area contributed by atoms with E-state index in [1.165, 1.54) is 12.1 Å². The molecule has 0 aliphatic heterocycles. The van der Waals surface area contributed by atoms with Crippen LogP contribution in [0.25, 0.3) is 10.3 Å². The van der Waals surface area contributed by atoms with E-state index in [-0.39, 0.29) is 33.9 Å². The maximum atomic E-state index is 14.0. The summed E-state index contributed by atoms with van der Waals surface area (Å²) in [6, 6.07) is 2.65. The molecule has 0 bridgehead atoms. The van der Waals surface area contributed by atoms with E-state index in [4.69, 9.17) is 5.11 Å². The second-order valence-electron chi connectivity index (χ2n) is 7.41. The lowest BCUT2D eigenvalue weighted by atomic mass is 10.1. The largest absolute Gasteiger partial charge is 0.480 e. The van der Waals surface area contributed by atoms with Crippen molar-refractivity contribution >= 4 is 50.4 Å². The zero-order chi connectivity index (χ0) is 23.5. The molecule has 172 valence electrons. The monoisotopic (exact) mass is 485 g/mol. The summed E-state index contributed by atoms with van der Waals surface area (Å²) in [5, 5.41) is 34.2. The molecule has 0 radical (unpaired) electrons. The Morgan fingerprint density at radius 2 is 2.00 bits per heavy atom. The fraction of sp³-hybridized carbons (Fsp3) is 0.368.